The van der Waals surface area contributed by atoms with Gasteiger partial charge in [0.05, 0.1) is 11.6 Å². The van der Waals surface area contributed by atoms with Crippen molar-refractivity contribution in [2.45, 2.75) is 44.7 Å². The van der Waals surface area contributed by atoms with Crippen molar-refractivity contribution in [3.63, 3.8) is 0 Å². The molecule has 4 rings (SSSR count). The van der Waals surface area contributed by atoms with Gasteiger partial charge in [0.25, 0.3) is 5.91 Å². The maximum atomic E-state index is 13.2. The fourth-order valence-electron chi connectivity index (χ4n) is 4.64. The number of carbonyl (C=O) groups is 1. The van der Waals surface area contributed by atoms with Gasteiger partial charge in [-0.1, -0.05) is 24.3 Å². The van der Waals surface area contributed by atoms with Crippen LogP contribution < -0.4 is 4.90 Å². The van der Waals surface area contributed by atoms with Crippen molar-refractivity contribution >= 4 is 11.7 Å². The Labute approximate surface area is 174 Å². The molecule has 5 nitrogen and oxygen atoms in total. The Bertz CT molecular complexity index is 827. The molecule has 1 amide bonds. The molecule has 0 bridgehead atoms. The Morgan fingerprint density at radius 1 is 1.03 bits per heavy atom. The van der Waals surface area contributed by atoms with E-state index in [1.165, 1.54) is 17.5 Å². The van der Waals surface area contributed by atoms with Gasteiger partial charge in [-0.2, -0.15) is 0 Å². The topological polar surface area (TPSA) is 39.7 Å². The quantitative estimate of drug-likeness (QED) is 0.768. The van der Waals surface area contributed by atoms with Crippen LogP contribution in [0.25, 0.3) is 0 Å². The van der Waals surface area contributed by atoms with Gasteiger partial charge < -0.3 is 14.7 Å². The number of likely N-dealkylation sites (tertiary alicyclic amines) is 1. The minimum absolute atomic E-state index is 0.139. The van der Waals surface area contributed by atoms with Gasteiger partial charge >= 0.3 is 0 Å². The van der Waals surface area contributed by atoms with Gasteiger partial charge in [0, 0.05) is 32.4 Å². The van der Waals surface area contributed by atoms with Crippen LogP contribution in [0.2, 0.25) is 0 Å². The number of pyridine rings is 1. The van der Waals surface area contributed by atoms with E-state index in [0.29, 0.717) is 0 Å². The van der Waals surface area contributed by atoms with Gasteiger partial charge in [0.2, 0.25) is 0 Å². The highest BCUT2D eigenvalue weighted by atomic mass is 16.2. The highest BCUT2D eigenvalue weighted by Gasteiger charge is 2.31. The fraction of sp³-hybridized carbons (Fsp3) is 0.500. The van der Waals surface area contributed by atoms with Crippen LogP contribution in [0.1, 0.15) is 59.6 Å². The molecule has 154 valence electrons. The summed E-state index contributed by atoms with van der Waals surface area (Å²) in [7, 11) is 4.18. The average Bonchev–Trinajstić information content (AvgIpc) is 3.24. The molecule has 3 heterocycles. The van der Waals surface area contributed by atoms with Gasteiger partial charge in [0.1, 0.15) is 5.82 Å². The first kappa shape index (κ1) is 19.9. The number of rotatable bonds is 5. The molecule has 0 saturated carbocycles. The predicted molar refractivity (Wildman–Crippen MR) is 117 cm³/mol. The van der Waals surface area contributed by atoms with Crippen molar-refractivity contribution in [1.82, 2.24) is 14.8 Å². The normalized spacial score (nSPS) is 19.8. The fourth-order valence-corrected chi connectivity index (χ4v) is 4.64. The molecule has 1 aromatic heterocycles. The van der Waals surface area contributed by atoms with Crippen LogP contribution in [0.5, 0.6) is 0 Å². The largest absolute Gasteiger partial charge is 0.349 e. The first-order valence-corrected chi connectivity index (χ1v) is 10.9. The maximum Gasteiger partial charge on any atom is 0.257 e. The molecule has 1 atom stereocenters. The monoisotopic (exact) mass is 392 g/mol. The third-order valence-corrected chi connectivity index (χ3v) is 6.05. The summed E-state index contributed by atoms with van der Waals surface area (Å²) in [6.45, 7) is 3.62. The zero-order chi connectivity index (χ0) is 20.2. The summed E-state index contributed by atoms with van der Waals surface area (Å²) in [5.41, 5.74) is 3.39. The number of anilines is 1. The molecule has 0 spiro atoms. The first-order chi connectivity index (χ1) is 14.1. The third-order valence-electron chi connectivity index (χ3n) is 6.05. The lowest BCUT2D eigenvalue weighted by Crippen LogP contribution is -2.37. The summed E-state index contributed by atoms with van der Waals surface area (Å²) >= 11 is 0. The van der Waals surface area contributed by atoms with Crippen LogP contribution in [0.15, 0.2) is 42.6 Å². The predicted octanol–water partition coefficient (Wildman–Crippen LogP) is 4.11. The van der Waals surface area contributed by atoms with E-state index in [-0.39, 0.29) is 11.9 Å². The highest BCUT2D eigenvalue weighted by Crippen LogP contribution is 2.37. The standard InChI is InChI=1S/C24H32N4O/c1-26(2)18-19-10-12-20(13-11-19)22-9-7-17-28(22)23-21(8-6-14-25-23)24(29)27-15-4-3-5-16-27/h6,8,10-14,22H,3-5,7,9,15-18H2,1-2H3. The first-order valence-electron chi connectivity index (χ1n) is 10.9. The van der Waals surface area contributed by atoms with Gasteiger partial charge in [-0.05, 0) is 69.5 Å². The van der Waals surface area contributed by atoms with Gasteiger partial charge in [-0.15, -0.1) is 0 Å². The minimum Gasteiger partial charge on any atom is -0.349 e. The minimum atomic E-state index is 0.139. The van der Waals surface area contributed by atoms with Crippen LogP contribution in [-0.4, -0.2) is 54.4 Å². The maximum absolute atomic E-state index is 13.2. The molecule has 0 radical (unpaired) electrons. The lowest BCUT2D eigenvalue weighted by Gasteiger charge is -2.31. The molecule has 1 aromatic carbocycles. The lowest BCUT2D eigenvalue weighted by atomic mass is 10.0. The SMILES string of the molecule is CN(C)Cc1ccc(C2CCCN2c2ncccc2C(=O)N2CCCCC2)cc1. The van der Waals surface area contributed by atoms with Crippen LogP contribution in [0.4, 0.5) is 5.82 Å². The molecule has 0 aliphatic carbocycles. The molecule has 2 saturated heterocycles. The molecule has 2 fully saturated rings. The summed E-state index contributed by atoms with van der Waals surface area (Å²) in [6, 6.07) is 13.1. The molecule has 0 N–H and O–H groups in total. The number of nitrogens with zero attached hydrogens (tertiary/aromatic N) is 4. The Hall–Kier alpha value is -2.40. The lowest BCUT2D eigenvalue weighted by molar-refractivity contribution is 0.0724. The second-order valence-electron chi connectivity index (χ2n) is 8.56. The van der Waals surface area contributed by atoms with Gasteiger partial charge in [-0.3, -0.25) is 4.79 Å². The van der Waals surface area contributed by atoms with Crippen molar-refractivity contribution in [3.8, 4) is 0 Å². The zero-order valence-electron chi connectivity index (χ0n) is 17.7. The number of piperidine rings is 1. The van der Waals surface area contributed by atoms with Gasteiger partial charge in [-0.25, -0.2) is 4.98 Å². The molecule has 1 unspecified atom stereocenters. The van der Waals surface area contributed by atoms with E-state index >= 15 is 0 Å². The molecule has 2 aromatic rings. The molecular weight excluding hydrogens is 360 g/mol. The van der Waals surface area contributed by atoms with E-state index in [1.54, 1.807) is 0 Å². The number of benzene rings is 1. The van der Waals surface area contributed by atoms with E-state index < -0.39 is 0 Å². The summed E-state index contributed by atoms with van der Waals surface area (Å²) in [5.74, 6) is 0.989. The molecular formula is C24H32N4O. The Morgan fingerprint density at radius 3 is 2.52 bits per heavy atom. The van der Waals surface area contributed by atoms with Crippen LogP contribution in [0, 0.1) is 0 Å². The summed E-state index contributed by atoms with van der Waals surface area (Å²) < 4.78 is 0. The van der Waals surface area contributed by atoms with Crippen LogP contribution in [0.3, 0.4) is 0 Å². The molecule has 2 aliphatic rings. The molecule has 5 heteroatoms. The van der Waals surface area contributed by atoms with E-state index in [1.807, 2.05) is 23.2 Å². The van der Waals surface area contributed by atoms with E-state index in [9.17, 15) is 4.79 Å². The summed E-state index contributed by atoms with van der Waals surface area (Å²) in [6.07, 6.45) is 7.47. The summed E-state index contributed by atoms with van der Waals surface area (Å²) in [5, 5.41) is 0. The van der Waals surface area contributed by atoms with E-state index in [2.05, 4.69) is 53.1 Å². The number of amides is 1. The highest BCUT2D eigenvalue weighted by molar-refractivity contribution is 5.99. The average molecular weight is 393 g/mol. The van der Waals surface area contributed by atoms with Gasteiger partial charge in [0.15, 0.2) is 0 Å². The van der Waals surface area contributed by atoms with Crippen LogP contribution >= 0.6 is 0 Å². The van der Waals surface area contributed by atoms with Crippen molar-refractivity contribution in [2.24, 2.45) is 0 Å². The smallest absolute Gasteiger partial charge is 0.257 e. The van der Waals surface area contributed by atoms with Crippen LogP contribution in [-0.2, 0) is 6.54 Å². The van der Waals surface area contributed by atoms with Crippen molar-refractivity contribution in [1.29, 1.82) is 0 Å². The van der Waals surface area contributed by atoms with Crippen molar-refractivity contribution in [3.05, 3.63) is 59.3 Å². The van der Waals surface area contributed by atoms with Crippen molar-refractivity contribution < 1.29 is 4.79 Å². The number of carbonyl (C=O) groups excluding carboxylic acids is 1. The molecule has 2 aliphatic heterocycles. The van der Waals surface area contributed by atoms with E-state index in [4.69, 9.17) is 0 Å². The number of aromatic nitrogens is 1. The second kappa shape index (κ2) is 8.95. The summed E-state index contributed by atoms with van der Waals surface area (Å²) in [4.78, 5) is 24.4. The van der Waals surface area contributed by atoms with Crippen molar-refractivity contribution in [2.75, 3.05) is 38.6 Å². The second-order valence-corrected chi connectivity index (χ2v) is 8.56. The number of hydrogen-bond acceptors (Lipinski definition) is 4. The third kappa shape index (κ3) is 4.45. The zero-order valence-corrected chi connectivity index (χ0v) is 17.7. The Morgan fingerprint density at radius 2 is 1.79 bits per heavy atom. The van der Waals surface area contributed by atoms with E-state index in [0.717, 1.165) is 63.2 Å². The molecule has 29 heavy (non-hydrogen) atoms. The number of hydrogen-bond donors (Lipinski definition) is 0. The Balaban J connectivity index is 1.58. The Kier molecular flexibility index (Phi) is 6.14.